The van der Waals surface area contributed by atoms with Crippen LogP contribution in [0.1, 0.15) is 37.4 Å². The topological polar surface area (TPSA) is 53.1 Å². The lowest BCUT2D eigenvalue weighted by molar-refractivity contribution is 0.117. The highest BCUT2D eigenvalue weighted by Crippen LogP contribution is 2.40. The van der Waals surface area contributed by atoms with Gasteiger partial charge in [0.25, 0.3) is 0 Å². The molecule has 4 rings (SSSR count). The fraction of sp³-hybridized carbons (Fsp3) is 0.562. The molecule has 2 saturated carbocycles. The zero-order valence-electron chi connectivity index (χ0n) is 11.7. The van der Waals surface area contributed by atoms with E-state index in [9.17, 15) is 0 Å². The largest absolute Gasteiger partial charge is 0.399 e. The van der Waals surface area contributed by atoms with E-state index >= 15 is 0 Å². The Morgan fingerprint density at radius 1 is 1.25 bits per heavy atom. The molecule has 1 aromatic heterocycles. The molecule has 1 heterocycles. The first-order valence-corrected chi connectivity index (χ1v) is 7.64. The van der Waals surface area contributed by atoms with E-state index in [1.165, 1.54) is 37.0 Å². The number of ether oxygens (including phenoxy) is 1. The highest BCUT2D eigenvalue weighted by Gasteiger charge is 2.29. The number of fused-ring (bicyclic) bond motifs is 1. The van der Waals surface area contributed by atoms with Crippen LogP contribution in [0.2, 0.25) is 0 Å². The molecule has 0 spiro atoms. The minimum atomic E-state index is 0.645. The zero-order valence-corrected chi connectivity index (χ0v) is 11.7. The molecule has 1 aromatic carbocycles. The number of nitrogens with two attached hydrogens (primary N) is 1. The molecule has 106 valence electrons. The van der Waals surface area contributed by atoms with E-state index in [-0.39, 0.29) is 0 Å². The van der Waals surface area contributed by atoms with Gasteiger partial charge in [0.05, 0.1) is 17.6 Å². The van der Waals surface area contributed by atoms with Gasteiger partial charge in [0.15, 0.2) is 0 Å². The average molecular weight is 271 g/mol. The Bertz CT molecular complexity index is 626. The maximum atomic E-state index is 5.86. The molecule has 4 nitrogen and oxygen atoms in total. The van der Waals surface area contributed by atoms with Crippen molar-refractivity contribution in [2.75, 3.05) is 18.9 Å². The van der Waals surface area contributed by atoms with Gasteiger partial charge in [-0.25, -0.2) is 4.98 Å². The van der Waals surface area contributed by atoms with Gasteiger partial charge in [-0.3, -0.25) is 0 Å². The van der Waals surface area contributed by atoms with Gasteiger partial charge in [-0.2, -0.15) is 0 Å². The van der Waals surface area contributed by atoms with Crippen molar-refractivity contribution >= 4 is 16.7 Å². The molecule has 2 N–H and O–H groups in total. The number of imidazole rings is 1. The Hall–Kier alpha value is -1.55. The maximum Gasteiger partial charge on any atom is 0.113 e. The Morgan fingerprint density at radius 3 is 2.85 bits per heavy atom. The third-order valence-corrected chi connectivity index (χ3v) is 4.25. The van der Waals surface area contributed by atoms with Gasteiger partial charge >= 0.3 is 0 Å². The van der Waals surface area contributed by atoms with Crippen LogP contribution in [0.3, 0.4) is 0 Å². The van der Waals surface area contributed by atoms with Gasteiger partial charge < -0.3 is 15.0 Å². The Kier molecular flexibility index (Phi) is 2.91. The van der Waals surface area contributed by atoms with Gasteiger partial charge in [-0.1, -0.05) is 0 Å². The second-order valence-electron chi connectivity index (χ2n) is 6.16. The number of anilines is 1. The van der Waals surface area contributed by atoms with Crippen LogP contribution in [0.25, 0.3) is 11.0 Å². The minimum Gasteiger partial charge on any atom is -0.399 e. The second kappa shape index (κ2) is 4.77. The SMILES string of the molecule is Nc1ccc2c(c1)nc(C1CC1)n2CCOCC1CC1. The summed E-state index contributed by atoms with van der Waals surface area (Å²) in [6, 6.07) is 6.02. The maximum absolute atomic E-state index is 5.86. The quantitative estimate of drug-likeness (QED) is 0.649. The number of nitrogen functional groups attached to an aromatic ring is 1. The lowest BCUT2D eigenvalue weighted by atomic mass is 10.3. The van der Waals surface area contributed by atoms with Crippen molar-refractivity contribution in [1.29, 1.82) is 0 Å². The first-order chi connectivity index (χ1) is 9.81. The zero-order chi connectivity index (χ0) is 13.5. The van der Waals surface area contributed by atoms with Crippen molar-refractivity contribution in [3.05, 3.63) is 24.0 Å². The van der Waals surface area contributed by atoms with Crippen LogP contribution in [0.4, 0.5) is 5.69 Å². The lowest BCUT2D eigenvalue weighted by Gasteiger charge is -2.09. The summed E-state index contributed by atoms with van der Waals surface area (Å²) in [5.41, 5.74) is 8.86. The van der Waals surface area contributed by atoms with Crippen LogP contribution in [0, 0.1) is 5.92 Å². The van der Waals surface area contributed by atoms with Crippen molar-refractivity contribution in [3.63, 3.8) is 0 Å². The van der Waals surface area contributed by atoms with E-state index in [1.54, 1.807) is 0 Å². The van der Waals surface area contributed by atoms with E-state index in [2.05, 4.69) is 10.6 Å². The van der Waals surface area contributed by atoms with Gasteiger partial charge in [-0.15, -0.1) is 0 Å². The molecule has 0 saturated heterocycles. The molecule has 2 fully saturated rings. The predicted molar refractivity (Wildman–Crippen MR) is 79.7 cm³/mol. The number of benzene rings is 1. The summed E-state index contributed by atoms with van der Waals surface area (Å²) < 4.78 is 8.12. The molecule has 0 atom stereocenters. The molecular weight excluding hydrogens is 250 g/mol. The molecule has 2 aliphatic rings. The van der Waals surface area contributed by atoms with Gasteiger partial charge in [0.1, 0.15) is 5.82 Å². The minimum absolute atomic E-state index is 0.645. The van der Waals surface area contributed by atoms with Crippen LogP contribution in [0.5, 0.6) is 0 Å². The summed E-state index contributed by atoms with van der Waals surface area (Å²) in [5.74, 6) is 2.70. The summed E-state index contributed by atoms with van der Waals surface area (Å²) in [4.78, 5) is 4.79. The smallest absolute Gasteiger partial charge is 0.113 e. The monoisotopic (exact) mass is 271 g/mol. The summed E-state index contributed by atoms with van der Waals surface area (Å²) in [6.07, 6.45) is 5.23. The van der Waals surface area contributed by atoms with E-state index in [4.69, 9.17) is 15.5 Å². The molecule has 4 heteroatoms. The third-order valence-electron chi connectivity index (χ3n) is 4.25. The van der Waals surface area contributed by atoms with E-state index in [0.29, 0.717) is 5.92 Å². The summed E-state index contributed by atoms with van der Waals surface area (Å²) >= 11 is 0. The van der Waals surface area contributed by atoms with Crippen molar-refractivity contribution in [2.24, 2.45) is 5.92 Å². The van der Waals surface area contributed by atoms with E-state index in [0.717, 1.165) is 36.9 Å². The molecule has 2 aromatic rings. The molecule has 0 amide bonds. The third kappa shape index (κ3) is 2.40. The number of nitrogens with zero attached hydrogens (tertiary/aromatic N) is 2. The first-order valence-electron chi connectivity index (χ1n) is 7.64. The van der Waals surface area contributed by atoms with Crippen LogP contribution >= 0.6 is 0 Å². The summed E-state index contributed by atoms with van der Waals surface area (Å²) in [6.45, 7) is 2.61. The summed E-state index contributed by atoms with van der Waals surface area (Å²) in [5, 5.41) is 0. The van der Waals surface area contributed by atoms with E-state index in [1.807, 2.05) is 12.1 Å². The number of aromatic nitrogens is 2. The lowest BCUT2D eigenvalue weighted by Crippen LogP contribution is -2.10. The number of hydrogen-bond donors (Lipinski definition) is 1. The van der Waals surface area contributed by atoms with Crippen molar-refractivity contribution in [3.8, 4) is 0 Å². The summed E-state index contributed by atoms with van der Waals surface area (Å²) in [7, 11) is 0. The normalized spacial score (nSPS) is 18.8. The standard InChI is InChI=1S/C16H21N3O/c17-13-5-6-15-14(9-13)18-16(12-3-4-12)19(15)7-8-20-10-11-1-2-11/h5-6,9,11-12H,1-4,7-8,10,17H2. The highest BCUT2D eigenvalue weighted by atomic mass is 16.5. The number of rotatable bonds is 6. The van der Waals surface area contributed by atoms with Gasteiger partial charge in [0, 0.05) is 24.8 Å². The molecule has 0 radical (unpaired) electrons. The van der Waals surface area contributed by atoms with Crippen molar-refractivity contribution in [2.45, 2.75) is 38.1 Å². The van der Waals surface area contributed by atoms with Gasteiger partial charge in [-0.05, 0) is 49.8 Å². The predicted octanol–water partition coefficient (Wildman–Crippen LogP) is 2.92. The fourth-order valence-electron chi connectivity index (χ4n) is 2.74. The molecule has 0 aliphatic heterocycles. The van der Waals surface area contributed by atoms with Gasteiger partial charge in [0.2, 0.25) is 0 Å². The number of hydrogen-bond acceptors (Lipinski definition) is 3. The molecular formula is C16H21N3O. The molecule has 2 aliphatic carbocycles. The molecule has 20 heavy (non-hydrogen) atoms. The Labute approximate surface area is 118 Å². The van der Waals surface area contributed by atoms with Crippen LogP contribution in [0.15, 0.2) is 18.2 Å². The van der Waals surface area contributed by atoms with Crippen molar-refractivity contribution in [1.82, 2.24) is 9.55 Å². The van der Waals surface area contributed by atoms with E-state index < -0.39 is 0 Å². The van der Waals surface area contributed by atoms with Crippen molar-refractivity contribution < 1.29 is 4.74 Å². The Balaban J connectivity index is 1.56. The highest BCUT2D eigenvalue weighted by molar-refractivity contribution is 5.79. The molecule has 0 unspecified atom stereocenters. The fourth-order valence-corrected chi connectivity index (χ4v) is 2.74. The van der Waals surface area contributed by atoms with Crippen LogP contribution in [-0.2, 0) is 11.3 Å². The van der Waals surface area contributed by atoms with Crippen LogP contribution < -0.4 is 5.73 Å². The average Bonchev–Trinajstić information content (AvgIpc) is 3.33. The Morgan fingerprint density at radius 2 is 2.10 bits per heavy atom. The molecule has 0 bridgehead atoms. The first kappa shape index (κ1) is 12.2. The second-order valence-corrected chi connectivity index (χ2v) is 6.16. The van der Waals surface area contributed by atoms with Crippen LogP contribution in [-0.4, -0.2) is 22.8 Å².